The van der Waals surface area contributed by atoms with E-state index in [1.807, 2.05) is 0 Å². The third-order valence-corrected chi connectivity index (χ3v) is 2.72. The Morgan fingerprint density at radius 3 is 2.53 bits per heavy atom. The van der Waals surface area contributed by atoms with Gasteiger partial charge in [0.1, 0.15) is 5.82 Å². The van der Waals surface area contributed by atoms with E-state index in [1.54, 1.807) is 37.5 Å². The molecule has 0 amide bonds. The van der Waals surface area contributed by atoms with Crippen molar-refractivity contribution in [3.63, 3.8) is 0 Å². The van der Waals surface area contributed by atoms with Gasteiger partial charge in [-0.2, -0.15) is 0 Å². The van der Waals surface area contributed by atoms with E-state index in [0.717, 1.165) is 5.56 Å². The van der Waals surface area contributed by atoms with Gasteiger partial charge in [-0.1, -0.05) is 18.2 Å². The van der Waals surface area contributed by atoms with Crippen molar-refractivity contribution in [3.05, 3.63) is 69.9 Å². The second-order valence-electron chi connectivity index (χ2n) is 3.91. The van der Waals surface area contributed by atoms with Gasteiger partial charge in [0, 0.05) is 18.8 Å². The normalized spacial score (nSPS) is 12.4. The second kappa shape index (κ2) is 4.51. The van der Waals surface area contributed by atoms with Crippen LogP contribution in [-0.2, 0) is 7.05 Å². The topological polar surface area (TPSA) is 48.0 Å². The van der Waals surface area contributed by atoms with Gasteiger partial charge in [0.2, 0.25) is 0 Å². The lowest BCUT2D eigenvalue weighted by Crippen LogP contribution is -2.26. The molecule has 0 saturated carbocycles. The molecule has 1 atom stereocenters. The third-order valence-electron chi connectivity index (χ3n) is 2.72. The highest BCUT2D eigenvalue weighted by Crippen LogP contribution is 2.16. The number of halogens is 1. The van der Waals surface area contributed by atoms with Crippen LogP contribution < -0.4 is 11.3 Å². The van der Waals surface area contributed by atoms with Crippen molar-refractivity contribution in [1.29, 1.82) is 0 Å². The van der Waals surface area contributed by atoms with E-state index in [9.17, 15) is 9.18 Å². The number of aryl methyl sites for hydroxylation is 1. The van der Waals surface area contributed by atoms with E-state index in [0.29, 0.717) is 5.56 Å². The standard InChI is InChI=1S/C13H13FN2O/c1-16-8-2-3-11(13(16)17)12(15)9-4-6-10(14)7-5-9/h2-8,12H,15H2,1H3. The molecule has 17 heavy (non-hydrogen) atoms. The maximum atomic E-state index is 12.8. The minimum Gasteiger partial charge on any atom is -0.320 e. The molecule has 0 bridgehead atoms. The molecule has 88 valence electrons. The first-order valence-electron chi connectivity index (χ1n) is 5.26. The summed E-state index contributed by atoms with van der Waals surface area (Å²) in [5.74, 6) is -0.318. The summed E-state index contributed by atoms with van der Waals surface area (Å²) < 4.78 is 14.3. The Bertz CT molecular complexity index is 575. The molecule has 1 heterocycles. The molecule has 0 spiro atoms. The summed E-state index contributed by atoms with van der Waals surface area (Å²) in [4.78, 5) is 11.9. The molecule has 0 aliphatic heterocycles. The molecule has 0 aliphatic carbocycles. The fraction of sp³-hybridized carbons (Fsp3) is 0.154. The molecule has 2 rings (SSSR count). The Kier molecular flexibility index (Phi) is 3.06. The van der Waals surface area contributed by atoms with Gasteiger partial charge in [-0.05, 0) is 23.8 Å². The average molecular weight is 232 g/mol. The molecule has 3 nitrogen and oxygen atoms in total. The largest absolute Gasteiger partial charge is 0.320 e. The van der Waals surface area contributed by atoms with Gasteiger partial charge in [-0.25, -0.2) is 4.39 Å². The summed E-state index contributed by atoms with van der Waals surface area (Å²) in [6.07, 6.45) is 1.67. The Balaban J connectivity index is 2.44. The van der Waals surface area contributed by atoms with Crippen LogP contribution in [0, 0.1) is 5.82 Å². The summed E-state index contributed by atoms with van der Waals surface area (Å²) in [6, 6.07) is 8.77. The minimum absolute atomic E-state index is 0.135. The van der Waals surface area contributed by atoms with Crippen molar-refractivity contribution >= 4 is 0 Å². The smallest absolute Gasteiger partial charge is 0.255 e. The number of benzene rings is 1. The molecule has 0 radical (unpaired) electrons. The molecule has 1 aromatic carbocycles. The fourth-order valence-corrected chi connectivity index (χ4v) is 1.70. The third kappa shape index (κ3) is 2.26. The summed E-state index contributed by atoms with van der Waals surface area (Å²) in [6.45, 7) is 0. The fourth-order valence-electron chi connectivity index (χ4n) is 1.70. The van der Waals surface area contributed by atoms with Crippen LogP contribution in [0.5, 0.6) is 0 Å². The van der Waals surface area contributed by atoms with Gasteiger partial charge >= 0.3 is 0 Å². The van der Waals surface area contributed by atoms with E-state index in [4.69, 9.17) is 5.73 Å². The van der Waals surface area contributed by atoms with E-state index in [-0.39, 0.29) is 11.4 Å². The van der Waals surface area contributed by atoms with Gasteiger partial charge in [0.05, 0.1) is 6.04 Å². The van der Waals surface area contributed by atoms with E-state index in [1.165, 1.54) is 16.7 Å². The zero-order valence-electron chi connectivity index (χ0n) is 9.43. The van der Waals surface area contributed by atoms with Gasteiger partial charge in [0.25, 0.3) is 5.56 Å². The first-order chi connectivity index (χ1) is 8.09. The van der Waals surface area contributed by atoms with Crippen LogP contribution in [0.1, 0.15) is 17.2 Å². The lowest BCUT2D eigenvalue weighted by molar-refractivity contribution is 0.626. The highest BCUT2D eigenvalue weighted by atomic mass is 19.1. The lowest BCUT2D eigenvalue weighted by Gasteiger charge is -2.12. The average Bonchev–Trinajstić information content (AvgIpc) is 2.33. The van der Waals surface area contributed by atoms with Crippen LogP contribution in [0.3, 0.4) is 0 Å². The van der Waals surface area contributed by atoms with Crippen molar-refractivity contribution in [2.45, 2.75) is 6.04 Å². The van der Waals surface area contributed by atoms with Crippen LogP contribution in [0.15, 0.2) is 47.4 Å². The molecule has 1 aromatic heterocycles. The molecule has 2 aromatic rings. The van der Waals surface area contributed by atoms with Gasteiger partial charge < -0.3 is 10.3 Å². The predicted octanol–water partition coefficient (Wildman–Crippen LogP) is 1.57. The quantitative estimate of drug-likeness (QED) is 0.854. The van der Waals surface area contributed by atoms with Crippen molar-refractivity contribution in [3.8, 4) is 0 Å². The summed E-state index contributed by atoms with van der Waals surface area (Å²) in [5.41, 5.74) is 7.08. The Labute approximate surface area is 98.3 Å². The Morgan fingerprint density at radius 1 is 1.24 bits per heavy atom. The number of pyridine rings is 1. The van der Waals surface area contributed by atoms with Crippen LogP contribution in [-0.4, -0.2) is 4.57 Å². The Hall–Kier alpha value is -1.94. The number of rotatable bonds is 2. The van der Waals surface area contributed by atoms with E-state index in [2.05, 4.69) is 0 Å². The summed E-state index contributed by atoms with van der Waals surface area (Å²) in [5, 5.41) is 0. The van der Waals surface area contributed by atoms with Gasteiger partial charge in [-0.3, -0.25) is 4.79 Å². The Morgan fingerprint density at radius 2 is 1.88 bits per heavy atom. The van der Waals surface area contributed by atoms with E-state index < -0.39 is 6.04 Å². The molecule has 1 unspecified atom stereocenters. The van der Waals surface area contributed by atoms with Crippen LogP contribution in [0.25, 0.3) is 0 Å². The maximum absolute atomic E-state index is 12.8. The SMILES string of the molecule is Cn1cccc(C(N)c2ccc(F)cc2)c1=O. The van der Waals surface area contributed by atoms with Gasteiger partial charge in [0.15, 0.2) is 0 Å². The molecule has 0 fully saturated rings. The predicted molar refractivity (Wildman–Crippen MR) is 64.1 cm³/mol. The first kappa shape index (κ1) is 11.5. The maximum Gasteiger partial charge on any atom is 0.255 e. The lowest BCUT2D eigenvalue weighted by atomic mass is 10.0. The molecule has 4 heteroatoms. The number of nitrogens with zero attached hydrogens (tertiary/aromatic N) is 1. The molecule has 2 N–H and O–H groups in total. The number of hydrogen-bond acceptors (Lipinski definition) is 2. The van der Waals surface area contributed by atoms with Crippen molar-refractivity contribution in [2.24, 2.45) is 12.8 Å². The number of hydrogen-bond donors (Lipinski definition) is 1. The molecular weight excluding hydrogens is 219 g/mol. The summed E-state index contributed by atoms with van der Waals surface area (Å²) in [7, 11) is 1.67. The van der Waals surface area contributed by atoms with Crippen molar-refractivity contribution in [1.82, 2.24) is 4.57 Å². The van der Waals surface area contributed by atoms with Crippen LogP contribution in [0.4, 0.5) is 4.39 Å². The van der Waals surface area contributed by atoms with Crippen molar-refractivity contribution < 1.29 is 4.39 Å². The highest BCUT2D eigenvalue weighted by Gasteiger charge is 2.12. The zero-order chi connectivity index (χ0) is 12.4. The molecule has 0 aliphatic rings. The summed E-state index contributed by atoms with van der Waals surface area (Å²) >= 11 is 0. The van der Waals surface area contributed by atoms with E-state index >= 15 is 0 Å². The monoisotopic (exact) mass is 232 g/mol. The van der Waals surface area contributed by atoms with Crippen LogP contribution in [0.2, 0.25) is 0 Å². The number of aromatic nitrogens is 1. The molecular formula is C13H13FN2O. The molecule has 0 saturated heterocycles. The van der Waals surface area contributed by atoms with Crippen LogP contribution >= 0.6 is 0 Å². The zero-order valence-corrected chi connectivity index (χ0v) is 9.43. The second-order valence-corrected chi connectivity index (χ2v) is 3.91. The minimum atomic E-state index is -0.532. The van der Waals surface area contributed by atoms with Crippen molar-refractivity contribution in [2.75, 3.05) is 0 Å². The highest BCUT2D eigenvalue weighted by molar-refractivity contribution is 5.29. The number of nitrogens with two attached hydrogens (primary N) is 1. The first-order valence-corrected chi connectivity index (χ1v) is 5.26. The van der Waals surface area contributed by atoms with Gasteiger partial charge in [-0.15, -0.1) is 0 Å².